The van der Waals surface area contributed by atoms with Crippen molar-refractivity contribution >= 4 is 5.96 Å². The van der Waals surface area contributed by atoms with Gasteiger partial charge in [-0.1, -0.05) is 19.8 Å². The van der Waals surface area contributed by atoms with Crippen molar-refractivity contribution in [2.24, 2.45) is 4.99 Å². The van der Waals surface area contributed by atoms with E-state index >= 15 is 0 Å². The number of aliphatic imine (C=N–C) groups is 1. The second kappa shape index (κ2) is 13.3. The van der Waals surface area contributed by atoms with Gasteiger partial charge in [0.2, 0.25) is 0 Å². The summed E-state index contributed by atoms with van der Waals surface area (Å²) in [5, 5.41) is 6.82. The molecule has 0 spiro atoms. The minimum atomic E-state index is 0.303. The molecule has 0 amide bonds. The van der Waals surface area contributed by atoms with Crippen molar-refractivity contribution in [3.8, 4) is 0 Å². The van der Waals surface area contributed by atoms with Crippen LogP contribution >= 0.6 is 0 Å². The molecule has 2 fully saturated rings. The fraction of sp³-hybridized carbons (Fsp3) is 0.950. The summed E-state index contributed by atoms with van der Waals surface area (Å²) in [5.41, 5.74) is 0. The van der Waals surface area contributed by atoms with Gasteiger partial charge in [-0.2, -0.15) is 0 Å². The second-order valence-electron chi connectivity index (χ2n) is 7.40. The van der Waals surface area contributed by atoms with Crippen LogP contribution in [0.1, 0.15) is 58.8 Å². The Labute approximate surface area is 160 Å². The fourth-order valence-electron chi connectivity index (χ4n) is 3.63. The molecule has 0 radical (unpaired) electrons. The van der Waals surface area contributed by atoms with Crippen LogP contribution in [0.2, 0.25) is 0 Å². The summed E-state index contributed by atoms with van der Waals surface area (Å²) in [4.78, 5) is 7.51. The van der Waals surface area contributed by atoms with E-state index in [1.165, 1.54) is 45.2 Å². The van der Waals surface area contributed by atoms with Gasteiger partial charge in [-0.3, -0.25) is 9.89 Å². The van der Waals surface area contributed by atoms with Crippen LogP contribution < -0.4 is 10.6 Å². The standard InChI is InChI=1S/C20H40N4O2/c1-3-5-12-24-13-7-6-9-18(24)16-23-20(21-4-2)22-11-8-14-26-19-10-15-25-17-19/h18-19H,3-17H2,1-2H3,(H2,21,22,23). The topological polar surface area (TPSA) is 58.1 Å². The molecule has 2 unspecified atom stereocenters. The number of piperidine rings is 1. The first-order valence-corrected chi connectivity index (χ1v) is 10.8. The molecule has 2 heterocycles. The normalized spacial score (nSPS) is 24.8. The lowest BCUT2D eigenvalue weighted by atomic mass is 10.0. The lowest BCUT2D eigenvalue weighted by Gasteiger charge is -2.35. The number of ether oxygens (including phenoxy) is 2. The van der Waals surface area contributed by atoms with Gasteiger partial charge >= 0.3 is 0 Å². The van der Waals surface area contributed by atoms with Gasteiger partial charge in [0, 0.05) is 32.3 Å². The van der Waals surface area contributed by atoms with Gasteiger partial charge in [0.15, 0.2) is 5.96 Å². The predicted molar refractivity (Wildman–Crippen MR) is 108 cm³/mol. The van der Waals surface area contributed by atoms with E-state index in [0.29, 0.717) is 12.1 Å². The number of nitrogens with zero attached hydrogens (tertiary/aromatic N) is 2. The molecule has 152 valence electrons. The maximum Gasteiger partial charge on any atom is 0.191 e. The summed E-state index contributed by atoms with van der Waals surface area (Å²) < 4.78 is 11.2. The Morgan fingerprint density at radius 3 is 2.88 bits per heavy atom. The van der Waals surface area contributed by atoms with E-state index in [9.17, 15) is 0 Å². The van der Waals surface area contributed by atoms with E-state index < -0.39 is 0 Å². The molecule has 2 atom stereocenters. The third-order valence-electron chi connectivity index (χ3n) is 5.21. The smallest absolute Gasteiger partial charge is 0.191 e. The Morgan fingerprint density at radius 2 is 2.12 bits per heavy atom. The highest BCUT2D eigenvalue weighted by Gasteiger charge is 2.21. The Bertz CT molecular complexity index is 386. The summed E-state index contributed by atoms with van der Waals surface area (Å²) >= 11 is 0. The zero-order valence-electron chi connectivity index (χ0n) is 17.0. The highest BCUT2D eigenvalue weighted by molar-refractivity contribution is 5.79. The summed E-state index contributed by atoms with van der Waals surface area (Å²) in [6, 6.07) is 0.608. The van der Waals surface area contributed by atoms with E-state index in [-0.39, 0.29) is 0 Å². The summed E-state index contributed by atoms with van der Waals surface area (Å²) in [5.74, 6) is 0.942. The van der Waals surface area contributed by atoms with Gasteiger partial charge in [-0.25, -0.2) is 0 Å². The van der Waals surface area contributed by atoms with Crippen molar-refractivity contribution in [3.63, 3.8) is 0 Å². The number of hydrogen-bond acceptors (Lipinski definition) is 4. The molecule has 0 saturated carbocycles. The van der Waals surface area contributed by atoms with Gasteiger partial charge in [-0.05, 0) is 52.1 Å². The molecule has 0 aromatic carbocycles. The minimum absolute atomic E-state index is 0.303. The molecular weight excluding hydrogens is 328 g/mol. The maximum absolute atomic E-state index is 5.82. The molecule has 2 rings (SSSR count). The average Bonchev–Trinajstić information content (AvgIpc) is 3.18. The van der Waals surface area contributed by atoms with Crippen molar-refractivity contribution in [1.82, 2.24) is 15.5 Å². The third kappa shape index (κ3) is 8.23. The monoisotopic (exact) mass is 368 g/mol. The van der Waals surface area contributed by atoms with E-state index in [2.05, 4.69) is 29.4 Å². The zero-order chi connectivity index (χ0) is 18.5. The number of hydrogen-bond donors (Lipinski definition) is 2. The molecule has 0 aromatic heterocycles. The number of rotatable bonds is 11. The second-order valence-corrected chi connectivity index (χ2v) is 7.40. The molecule has 6 heteroatoms. The molecular formula is C20H40N4O2. The van der Waals surface area contributed by atoms with Gasteiger partial charge in [0.25, 0.3) is 0 Å². The van der Waals surface area contributed by atoms with Crippen molar-refractivity contribution in [2.45, 2.75) is 70.9 Å². The Hall–Kier alpha value is -0.850. The van der Waals surface area contributed by atoms with Gasteiger partial charge < -0.3 is 20.1 Å². The highest BCUT2D eigenvalue weighted by atomic mass is 16.5. The van der Waals surface area contributed by atoms with Gasteiger partial charge in [0.1, 0.15) is 0 Å². The predicted octanol–water partition coefficient (Wildman–Crippen LogP) is 2.39. The van der Waals surface area contributed by atoms with E-state index in [4.69, 9.17) is 14.5 Å². The van der Waals surface area contributed by atoms with Crippen molar-refractivity contribution in [2.75, 3.05) is 52.5 Å². The van der Waals surface area contributed by atoms with Crippen molar-refractivity contribution < 1.29 is 9.47 Å². The lowest BCUT2D eigenvalue weighted by Crippen LogP contribution is -2.44. The van der Waals surface area contributed by atoms with Crippen LogP contribution in [0.4, 0.5) is 0 Å². The van der Waals surface area contributed by atoms with Crippen molar-refractivity contribution in [3.05, 3.63) is 0 Å². The fourth-order valence-corrected chi connectivity index (χ4v) is 3.63. The van der Waals surface area contributed by atoms with Crippen LogP contribution in [0, 0.1) is 0 Å². The molecule has 2 aliphatic rings. The van der Waals surface area contributed by atoms with E-state index in [0.717, 1.165) is 58.3 Å². The molecule has 6 nitrogen and oxygen atoms in total. The first-order chi connectivity index (χ1) is 12.8. The third-order valence-corrected chi connectivity index (χ3v) is 5.21. The first-order valence-electron chi connectivity index (χ1n) is 10.8. The molecule has 2 saturated heterocycles. The lowest BCUT2D eigenvalue weighted by molar-refractivity contribution is 0.0420. The van der Waals surface area contributed by atoms with Crippen LogP contribution in [0.3, 0.4) is 0 Å². The molecule has 0 aromatic rings. The van der Waals surface area contributed by atoms with Crippen LogP contribution in [-0.2, 0) is 9.47 Å². The highest BCUT2D eigenvalue weighted by Crippen LogP contribution is 2.17. The molecule has 0 aliphatic carbocycles. The number of likely N-dealkylation sites (tertiary alicyclic amines) is 1. The Morgan fingerprint density at radius 1 is 1.19 bits per heavy atom. The Kier molecular flexibility index (Phi) is 11.0. The van der Waals surface area contributed by atoms with E-state index in [1.54, 1.807) is 0 Å². The quantitative estimate of drug-likeness (QED) is 0.333. The minimum Gasteiger partial charge on any atom is -0.379 e. The molecule has 0 bridgehead atoms. The van der Waals surface area contributed by atoms with Crippen LogP contribution in [0.25, 0.3) is 0 Å². The molecule has 2 aliphatic heterocycles. The Balaban J connectivity index is 1.68. The maximum atomic E-state index is 5.82. The summed E-state index contributed by atoms with van der Waals surface area (Å²) in [6.45, 7) is 11.9. The number of nitrogens with one attached hydrogen (secondary N) is 2. The summed E-state index contributed by atoms with van der Waals surface area (Å²) in [6.07, 6.45) is 8.86. The average molecular weight is 369 g/mol. The first kappa shape index (κ1) is 21.5. The van der Waals surface area contributed by atoms with Crippen molar-refractivity contribution in [1.29, 1.82) is 0 Å². The molecule has 2 N–H and O–H groups in total. The van der Waals surface area contributed by atoms with Crippen LogP contribution in [0.5, 0.6) is 0 Å². The molecule has 26 heavy (non-hydrogen) atoms. The van der Waals surface area contributed by atoms with Gasteiger partial charge in [-0.15, -0.1) is 0 Å². The largest absolute Gasteiger partial charge is 0.379 e. The number of guanidine groups is 1. The SMILES string of the molecule is CCCCN1CCCCC1CN=C(NCC)NCCCOC1CCOC1. The zero-order valence-corrected chi connectivity index (χ0v) is 17.0. The van der Waals surface area contributed by atoms with Gasteiger partial charge in [0.05, 0.1) is 19.3 Å². The summed E-state index contributed by atoms with van der Waals surface area (Å²) in [7, 11) is 0. The van der Waals surface area contributed by atoms with Crippen LogP contribution in [-0.4, -0.2) is 75.5 Å². The van der Waals surface area contributed by atoms with E-state index in [1.807, 2.05) is 0 Å². The van der Waals surface area contributed by atoms with Crippen LogP contribution in [0.15, 0.2) is 4.99 Å². The number of unbranched alkanes of at least 4 members (excludes halogenated alkanes) is 1.